The Morgan fingerprint density at radius 2 is 2.10 bits per heavy atom. The summed E-state index contributed by atoms with van der Waals surface area (Å²) in [5.41, 5.74) is 0. The fourth-order valence-electron chi connectivity index (χ4n) is 0.301. The van der Waals surface area contributed by atoms with Gasteiger partial charge in [-0.25, -0.2) is 0 Å². The van der Waals surface area contributed by atoms with Gasteiger partial charge in [-0.1, -0.05) is 0 Å². The highest BCUT2D eigenvalue weighted by molar-refractivity contribution is 6.43. The van der Waals surface area contributed by atoms with E-state index in [1.54, 1.807) is 0 Å². The van der Waals surface area contributed by atoms with Gasteiger partial charge in [0, 0.05) is 0 Å². The molecule has 0 saturated heterocycles. The number of alkyl halides is 3. The van der Waals surface area contributed by atoms with Crippen LogP contribution in [0.25, 0.3) is 0 Å². The summed E-state index contributed by atoms with van der Waals surface area (Å²) in [7, 11) is -2.08. The highest BCUT2D eigenvalue weighted by atomic mass is 19.4. The Bertz CT molecular complexity index is 142. The summed E-state index contributed by atoms with van der Waals surface area (Å²) in [4.78, 5) is 0. The van der Waals surface area contributed by atoms with Crippen molar-refractivity contribution in [1.82, 2.24) is 0 Å². The van der Waals surface area contributed by atoms with Crippen LogP contribution in [-0.2, 0) is 4.65 Å². The van der Waals surface area contributed by atoms with Gasteiger partial charge in [-0.3, -0.25) is 0 Å². The van der Waals surface area contributed by atoms with E-state index in [2.05, 4.69) is 4.65 Å². The number of nitrogens with zero attached hydrogens (tertiary/aromatic N) is 1. The molecule has 0 atom stereocenters. The molecule has 0 aliphatic rings. The lowest BCUT2D eigenvalue weighted by atomic mass is 9.85. The van der Waals surface area contributed by atoms with Crippen LogP contribution in [0, 0.1) is 11.5 Å². The van der Waals surface area contributed by atoms with E-state index in [0.29, 0.717) is 0 Å². The molecule has 0 saturated carbocycles. The fraction of sp³-hybridized carbons (Fsp3) is 0.667. The molecule has 3 nitrogen and oxygen atoms in total. The third-order valence-corrected chi connectivity index (χ3v) is 0.595. The quantitative estimate of drug-likeness (QED) is 0.464. The molecular formula is C3H3BF3NO2. The van der Waals surface area contributed by atoms with Gasteiger partial charge >= 0.3 is 13.3 Å². The Balaban J connectivity index is 3.60. The van der Waals surface area contributed by atoms with E-state index in [4.69, 9.17) is 10.3 Å². The van der Waals surface area contributed by atoms with Gasteiger partial charge < -0.3 is 9.68 Å². The van der Waals surface area contributed by atoms with E-state index in [9.17, 15) is 13.2 Å². The zero-order chi connectivity index (χ0) is 8.20. The maximum absolute atomic E-state index is 11.3. The zero-order valence-corrected chi connectivity index (χ0v) is 4.72. The van der Waals surface area contributed by atoms with E-state index in [-0.39, 0.29) is 0 Å². The Morgan fingerprint density at radius 1 is 1.60 bits per heavy atom. The molecule has 7 heteroatoms. The Labute approximate surface area is 55.2 Å². The number of rotatable bonds is 2. The van der Waals surface area contributed by atoms with Crippen LogP contribution in [0.15, 0.2) is 0 Å². The maximum atomic E-state index is 11.3. The second-order valence-electron chi connectivity index (χ2n) is 1.48. The van der Waals surface area contributed by atoms with Crippen molar-refractivity contribution >= 4 is 7.12 Å². The van der Waals surface area contributed by atoms with E-state index in [1.807, 2.05) is 0 Å². The normalized spacial score (nSPS) is 10.3. The van der Waals surface area contributed by atoms with Crippen LogP contribution in [0.3, 0.4) is 0 Å². The van der Waals surface area contributed by atoms with Crippen molar-refractivity contribution in [3.63, 3.8) is 0 Å². The largest absolute Gasteiger partial charge is 0.542 e. The minimum Gasteiger partial charge on any atom is -0.467 e. The van der Waals surface area contributed by atoms with Crippen molar-refractivity contribution in [2.45, 2.75) is 12.5 Å². The molecule has 0 aliphatic carbocycles. The summed E-state index contributed by atoms with van der Waals surface area (Å²) in [6.45, 7) is 0. The summed E-state index contributed by atoms with van der Waals surface area (Å²) in [6, 6.07) is 0. The molecule has 0 rings (SSSR count). The average Bonchev–Trinajstić information content (AvgIpc) is 1.59. The van der Waals surface area contributed by atoms with Crippen molar-refractivity contribution in [3.05, 3.63) is 0 Å². The first-order valence-electron chi connectivity index (χ1n) is 2.25. The predicted molar refractivity (Wildman–Crippen MR) is 25.5 cm³/mol. The number of hydrogen-bond donors (Lipinski definition) is 1. The van der Waals surface area contributed by atoms with Gasteiger partial charge in [-0.2, -0.15) is 18.4 Å². The second-order valence-corrected chi connectivity index (χ2v) is 1.48. The molecule has 1 N–H and O–H groups in total. The molecule has 0 fully saturated rings. The van der Waals surface area contributed by atoms with Gasteiger partial charge in [0.2, 0.25) is 0 Å². The Morgan fingerprint density at radius 3 is 2.40 bits per heavy atom. The third-order valence-electron chi connectivity index (χ3n) is 0.595. The summed E-state index contributed by atoms with van der Waals surface area (Å²) in [5, 5.41) is 15.9. The summed E-state index contributed by atoms with van der Waals surface area (Å²) in [6.07, 6.45) is -5.09. The van der Waals surface area contributed by atoms with Crippen LogP contribution in [0.5, 0.6) is 0 Å². The van der Waals surface area contributed by atoms with Crippen LogP contribution in [-0.4, -0.2) is 18.3 Å². The van der Waals surface area contributed by atoms with Crippen molar-refractivity contribution in [2.75, 3.05) is 0 Å². The first-order valence-corrected chi connectivity index (χ1v) is 2.25. The van der Waals surface area contributed by atoms with Crippen LogP contribution in [0.4, 0.5) is 13.2 Å². The summed E-state index contributed by atoms with van der Waals surface area (Å²) in [5.74, 6) is 0. The van der Waals surface area contributed by atoms with Crippen LogP contribution in [0.1, 0.15) is 0 Å². The van der Waals surface area contributed by atoms with Gasteiger partial charge in [0.05, 0.1) is 6.32 Å². The molecule has 0 aliphatic heterocycles. The molecule has 0 bridgehead atoms. The molecule has 0 amide bonds. The van der Waals surface area contributed by atoms with Crippen LogP contribution in [0.2, 0.25) is 6.32 Å². The third kappa shape index (κ3) is 5.25. The first-order chi connectivity index (χ1) is 4.45. The molecular weight excluding hydrogens is 150 g/mol. The Kier molecular flexibility index (Phi) is 3.02. The zero-order valence-electron chi connectivity index (χ0n) is 4.72. The van der Waals surface area contributed by atoms with Gasteiger partial charge in [0.15, 0.2) is 0 Å². The number of halogens is 3. The minimum atomic E-state index is -4.50. The first kappa shape index (κ1) is 9.10. The van der Waals surface area contributed by atoms with Crippen molar-refractivity contribution < 1.29 is 22.8 Å². The highest BCUT2D eigenvalue weighted by Crippen LogP contribution is 2.21. The van der Waals surface area contributed by atoms with E-state index >= 15 is 0 Å². The van der Waals surface area contributed by atoms with Gasteiger partial charge in [-0.15, -0.1) is 0 Å². The van der Waals surface area contributed by atoms with Crippen molar-refractivity contribution in [1.29, 1.82) is 5.26 Å². The predicted octanol–water partition coefficient (Wildman–Crippen LogP) is 0.527. The Hall–Kier alpha value is -0.895. The average molecular weight is 153 g/mol. The van der Waals surface area contributed by atoms with E-state index in [0.717, 1.165) is 6.26 Å². The molecule has 0 unspecified atom stereocenters. The molecule has 10 heavy (non-hydrogen) atoms. The van der Waals surface area contributed by atoms with Gasteiger partial charge in [0.1, 0.15) is 0 Å². The summed E-state index contributed by atoms with van der Waals surface area (Å²) < 4.78 is 37.4. The minimum absolute atomic E-state index is 0.940. The van der Waals surface area contributed by atoms with Gasteiger partial charge in [-0.05, 0) is 0 Å². The van der Waals surface area contributed by atoms with Gasteiger partial charge in [0.25, 0.3) is 6.26 Å². The molecule has 56 valence electrons. The maximum Gasteiger partial charge on any atom is 0.542 e. The lowest BCUT2D eigenvalue weighted by Gasteiger charge is -2.04. The number of nitriles is 1. The molecule has 0 radical (unpaired) electrons. The monoisotopic (exact) mass is 153 g/mol. The molecule has 0 aromatic heterocycles. The molecule has 0 aromatic rings. The smallest absolute Gasteiger partial charge is 0.467 e. The SMILES string of the molecule is N#COB(O)CC(F)(F)F. The lowest BCUT2D eigenvalue weighted by molar-refractivity contribution is -0.113. The molecule has 0 spiro atoms. The molecule has 0 aromatic carbocycles. The van der Waals surface area contributed by atoms with Crippen LogP contribution >= 0.6 is 0 Å². The number of hydrogen-bond acceptors (Lipinski definition) is 3. The second kappa shape index (κ2) is 3.32. The van der Waals surface area contributed by atoms with Crippen molar-refractivity contribution in [3.8, 4) is 6.26 Å². The van der Waals surface area contributed by atoms with Crippen molar-refractivity contribution in [2.24, 2.45) is 0 Å². The topological polar surface area (TPSA) is 53.2 Å². The standard InChI is InChI=1S/C3H3BF3NO2/c5-3(6,7)1-4(9)10-2-8/h9H,1H2. The lowest BCUT2D eigenvalue weighted by Crippen LogP contribution is -2.23. The van der Waals surface area contributed by atoms with E-state index < -0.39 is 19.6 Å². The van der Waals surface area contributed by atoms with E-state index in [1.165, 1.54) is 0 Å². The van der Waals surface area contributed by atoms with Crippen LogP contribution < -0.4 is 0 Å². The fourth-order valence-corrected chi connectivity index (χ4v) is 0.301. The highest BCUT2D eigenvalue weighted by Gasteiger charge is 2.36. The molecule has 0 heterocycles. The summed E-state index contributed by atoms with van der Waals surface area (Å²) >= 11 is 0.